The van der Waals surface area contributed by atoms with E-state index < -0.39 is 45.2 Å². The van der Waals surface area contributed by atoms with Crippen molar-refractivity contribution >= 4 is 43.9 Å². The number of ether oxygens (including phenoxy) is 1. The molecular formula is C31H23F6N3O4S2. The SMILES string of the molecule is O=C(NCCNS(=O)(=O)c1sccc1-c1ccccc1Oc1cccc2ccccc12)Nc1cc(C(F)(F)F)cc(C(F)(F)F)c1. The number of alkyl halides is 6. The molecule has 1 aromatic heterocycles. The molecule has 2 amide bonds. The first-order valence-corrected chi connectivity index (χ1v) is 15.8. The lowest BCUT2D eigenvalue weighted by molar-refractivity contribution is -0.143. The van der Waals surface area contributed by atoms with Crippen molar-refractivity contribution < 1.29 is 44.3 Å². The Hall–Kier alpha value is -4.60. The lowest BCUT2D eigenvalue weighted by atomic mass is 10.1. The van der Waals surface area contributed by atoms with Crippen molar-refractivity contribution in [3.8, 4) is 22.6 Å². The number of para-hydroxylation sites is 1. The molecule has 0 unspecified atom stereocenters. The second-order valence-electron chi connectivity index (χ2n) is 9.77. The Balaban J connectivity index is 1.25. The van der Waals surface area contributed by atoms with Crippen molar-refractivity contribution in [2.45, 2.75) is 16.6 Å². The maximum absolute atomic E-state index is 13.2. The molecule has 5 aromatic rings. The molecule has 5 rings (SSSR count). The van der Waals surface area contributed by atoms with Gasteiger partial charge in [-0.3, -0.25) is 0 Å². The quantitative estimate of drug-likeness (QED) is 0.108. The topological polar surface area (TPSA) is 96.5 Å². The summed E-state index contributed by atoms with van der Waals surface area (Å²) >= 11 is 0.952. The molecule has 1 heterocycles. The van der Waals surface area contributed by atoms with E-state index >= 15 is 0 Å². The Morgan fingerprint density at radius 2 is 1.37 bits per heavy atom. The molecule has 0 aliphatic heterocycles. The van der Waals surface area contributed by atoms with E-state index in [4.69, 9.17) is 4.74 Å². The highest BCUT2D eigenvalue weighted by Gasteiger charge is 2.37. The van der Waals surface area contributed by atoms with Crippen LogP contribution in [0.15, 0.2) is 101 Å². The fourth-order valence-electron chi connectivity index (χ4n) is 4.51. The Morgan fingerprint density at radius 1 is 0.739 bits per heavy atom. The maximum atomic E-state index is 13.2. The van der Waals surface area contributed by atoms with Gasteiger partial charge in [0.15, 0.2) is 0 Å². The fourth-order valence-corrected chi connectivity index (χ4v) is 6.97. The van der Waals surface area contributed by atoms with Crippen LogP contribution in [-0.4, -0.2) is 27.5 Å². The number of urea groups is 1. The van der Waals surface area contributed by atoms with Crippen LogP contribution in [0.2, 0.25) is 0 Å². The van der Waals surface area contributed by atoms with Gasteiger partial charge >= 0.3 is 18.4 Å². The molecule has 3 N–H and O–H groups in total. The zero-order valence-corrected chi connectivity index (χ0v) is 25.0. The number of halogens is 6. The zero-order valence-electron chi connectivity index (χ0n) is 23.4. The molecular weight excluding hydrogens is 656 g/mol. The molecule has 0 aliphatic rings. The number of rotatable bonds is 9. The van der Waals surface area contributed by atoms with E-state index in [0.717, 1.165) is 22.1 Å². The summed E-state index contributed by atoms with van der Waals surface area (Å²) in [6.45, 7) is -0.671. The zero-order chi connectivity index (χ0) is 33.1. The largest absolute Gasteiger partial charge is 0.456 e. The van der Waals surface area contributed by atoms with Gasteiger partial charge in [0.2, 0.25) is 0 Å². The summed E-state index contributed by atoms with van der Waals surface area (Å²) in [5.41, 5.74) is -3.06. The highest BCUT2D eigenvalue weighted by Crippen LogP contribution is 2.41. The van der Waals surface area contributed by atoms with Crippen molar-refractivity contribution in [1.29, 1.82) is 0 Å². The van der Waals surface area contributed by atoms with E-state index in [1.165, 1.54) is 0 Å². The summed E-state index contributed by atoms with van der Waals surface area (Å²) in [6.07, 6.45) is -10.2. The number of carbonyl (C=O) groups excluding carboxylic acids is 1. The maximum Gasteiger partial charge on any atom is 0.416 e. The molecule has 0 saturated carbocycles. The molecule has 15 heteroatoms. The molecule has 0 fully saturated rings. The first kappa shape index (κ1) is 32.8. The molecule has 0 bridgehead atoms. The molecule has 4 aromatic carbocycles. The van der Waals surface area contributed by atoms with Crippen LogP contribution in [0.25, 0.3) is 21.9 Å². The average Bonchev–Trinajstić information content (AvgIpc) is 3.50. The van der Waals surface area contributed by atoms with E-state index in [-0.39, 0.29) is 23.4 Å². The van der Waals surface area contributed by atoms with Gasteiger partial charge in [-0.05, 0) is 47.2 Å². The number of hydrogen-bond donors (Lipinski definition) is 3. The number of anilines is 1. The minimum absolute atomic E-state index is 0.0328. The summed E-state index contributed by atoms with van der Waals surface area (Å²) in [7, 11) is -4.13. The smallest absolute Gasteiger partial charge is 0.416 e. The van der Waals surface area contributed by atoms with Crippen LogP contribution in [0, 0.1) is 0 Å². The summed E-state index contributed by atoms with van der Waals surface area (Å²) in [6, 6.07) is 21.3. The number of carbonyl (C=O) groups is 1. The normalized spacial score (nSPS) is 12.2. The van der Waals surface area contributed by atoms with Crippen LogP contribution >= 0.6 is 11.3 Å². The summed E-state index contributed by atoms with van der Waals surface area (Å²) in [5.74, 6) is 0.989. The van der Waals surface area contributed by atoms with Crippen molar-refractivity contribution in [3.05, 3.63) is 108 Å². The summed E-state index contributed by atoms with van der Waals surface area (Å²) in [4.78, 5) is 12.2. The van der Waals surface area contributed by atoms with Gasteiger partial charge < -0.3 is 15.4 Å². The number of benzene rings is 4. The monoisotopic (exact) mass is 679 g/mol. The molecule has 46 heavy (non-hydrogen) atoms. The lowest BCUT2D eigenvalue weighted by Crippen LogP contribution is -2.36. The Labute approximate surface area is 262 Å². The molecule has 0 saturated heterocycles. The predicted octanol–water partition coefficient (Wildman–Crippen LogP) is 8.50. The van der Waals surface area contributed by atoms with E-state index in [2.05, 4.69) is 10.0 Å². The Morgan fingerprint density at radius 3 is 2.09 bits per heavy atom. The number of amides is 2. The lowest BCUT2D eigenvalue weighted by Gasteiger charge is -2.15. The van der Waals surface area contributed by atoms with Gasteiger partial charge in [-0.15, -0.1) is 11.3 Å². The van der Waals surface area contributed by atoms with Crippen molar-refractivity contribution in [2.75, 3.05) is 18.4 Å². The third kappa shape index (κ3) is 7.61. The van der Waals surface area contributed by atoms with E-state index in [0.29, 0.717) is 34.8 Å². The molecule has 7 nitrogen and oxygen atoms in total. The van der Waals surface area contributed by atoms with Crippen molar-refractivity contribution in [3.63, 3.8) is 0 Å². The standard InChI is InChI=1S/C31H23F6N3O4S2/c32-30(33,34)20-16-21(31(35,36)37)18-22(17-20)40-29(41)38-13-14-39-46(42,43)28-25(12-15-45-28)24-9-3-4-10-27(24)44-26-11-5-7-19-6-1-2-8-23(19)26/h1-12,15-18,39H,13-14H2,(H2,38,40,41). The second-order valence-corrected chi connectivity index (χ2v) is 12.6. The first-order chi connectivity index (χ1) is 21.7. The number of thiophene rings is 1. The minimum Gasteiger partial charge on any atom is -0.456 e. The van der Waals surface area contributed by atoms with E-state index in [1.807, 2.05) is 41.7 Å². The van der Waals surface area contributed by atoms with Gasteiger partial charge in [-0.1, -0.05) is 54.6 Å². The van der Waals surface area contributed by atoms with E-state index in [9.17, 15) is 39.6 Å². The van der Waals surface area contributed by atoms with Gasteiger partial charge in [-0.25, -0.2) is 17.9 Å². The highest BCUT2D eigenvalue weighted by molar-refractivity contribution is 7.91. The summed E-state index contributed by atoms with van der Waals surface area (Å²) in [5, 5.41) is 7.55. The number of nitrogens with one attached hydrogen (secondary N) is 3. The van der Waals surface area contributed by atoms with Crippen LogP contribution < -0.4 is 20.1 Å². The van der Waals surface area contributed by atoms with Crippen LogP contribution in [0.3, 0.4) is 0 Å². The van der Waals surface area contributed by atoms with Gasteiger partial charge in [0.05, 0.1) is 11.1 Å². The second kappa shape index (κ2) is 13.0. The summed E-state index contributed by atoms with van der Waals surface area (Å²) < 4.78 is 114. The van der Waals surface area contributed by atoms with Crippen LogP contribution in [-0.2, 0) is 22.4 Å². The third-order valence-electron chi connectivity index (χ3n) is 6.57. The first-order valence-electron chi connectivity index (χ1n) is 13.4. The minimum atomic E-state index is -5.09. The highest BCUT2D eigenvalue weighted by atomic mass is 32.2. The van der Waals surface area contributed by atoms with Gasteiger partial charge in [0.1, 0.15) is 15.7 Å². The Kier molecular flexibility index (Phi) is 9.28. The molecule has 0 atom stereocenters. The molecule has 0 spiro atoms. The third-order valence-corrected chi connectivity index (χ3v) is 9.51. The fraction of sp³-hybridized carbons (Fsp3) is 0.129. The predicted molar refractivity (Wildman–Crippen MR) is 162 cm³/mol. The molecule has 240 valence electrons. The van der Waals surface area contributed by atoms with E-state index in [1.54, 1.807) is 41.8 Å². The molecule has 0 radical (unpaired) electrons. The number of hydrogen-bond acceptors (Lipinski definition) is 5. The van der Waals surface area contributed by atoms with Crippen LogP contribution in [0.4, 0.5) is 36.8 Å². The van der Waals surface area contributed by atoms with Crippen molar-refractivity contribution in [2.24, 2.45) is 0 Å². The van der Waals surface area contributed by atoms with Gasteiger partial charge in [0.25, 0.3) is 10.0 Å². The van der Waals surface area contributed by atoms with Crippen LogP contribution in [0.5, 0.6) is 11.5 Å². The van der Waals surface area contributed by atoms with Crippen molar-refractivity contribution in [1.82, 2.24) is 10.0 Å². The Bertz CT molecular complexity index is 1950. The molecule has 0 aliphatic carbocycles. The van der Waals surface area contributed by atoms with Gasteiger partial charge in [-0.2, -0.15) is 26.3 Å². The van der Waals surface area contributed by atoms with Crippen LogP contribution in [0.1, 0.15) is 11.1 Å². The average molecular weight is 680 g/mol. The van der Waals surface area contributed by atoms with Gasteiger partial charge in [0, 0.05) is 35.3 Å². The number of fused-ring (bicyclic) bond motifs is 1. The number of sulfonamides is 1.